The Balaban J connectivity index is 2.26. The number of hydrogen-bond acceptors (Lipinski definition) is 3. The molecule has 19 heavy (non-hydrogen) atoms. The second-order valence-electron chi connectivity index (χ2n) is 4.35. The number of halogens is 1. The van der Waals surface area contributed by atoms with Gasteiger partial charge in [0.1, 0.15) is 5.75 Å². The maximum absolute atomic E-state index is 10.4. The van der Waals surface area contributed by atoms with Crippen molar-refractivity contribution < 1.29 is 9.84 Å². The van der Waals surface area contributed by atoms with E-state index < -0.39 is 6.10 Å². The molecule has 0 radical (unpaired) electrons. The molecule has 0 aliphatic carbocycles. The van der Waals surface area contributed by atoms with Crippen molar-refractivity contribution in [3.05, 3.63) is 57.8 Å². The topological polar surface area (TPSA) is 42.4 Å². The van der Waals surface area contributed by atoms with E-state index in [2.05, 4.69) is 20.9 Å². The first kappa shape index (κ1) is 14.0. The lowest BCUT2D eigenvalue weighted by Gasteiger charge is -2.15. The SMILES string of the molecule is COc1ccc(Br)cc1CC(O)c1cccnc1C. The lowest BCUT2D eigenvalue weighted by molar-refractivity contribution is 0.176. The first-order chi connectivity index (χ1) is 9.11. The minimum atomic E-state index is -0.586. The molecule has 3 nitrogen and oxygen atoms in total. The van der Waals surface area contributed by atoms with Gasteiger partial charge in [-0.3, -0.25) is 4.98 Å². The average Bonchev–Trinajstić information content (AvgIpc) is 2.39. The van der Waals surface area contributed by atoms with E-state index in [1.54, 1.807) is 13.3 Å². The number of pyridine rings is 1. The molecule has 0 aliphatic heterocycles. The first-order valence-corrected chi connectivity index (χ1v) is 6.83. The zero-order valence-corrected chi connectivity index (χ0v) is 12.5. The van der Waals surface area contributed by atoms with E-state index in [4.69, 9.17) is 4.74 Å². The molecule has 0 spiro atoms. The molecule has 1 aromatic carbocycles. The van der Waals surface area contributed by atoms with E-state index in [9.17, 15) is 5.11 Å². The Labute approximate surface area is 121 Å². The highest BCUT2D eigenvalue weighted by atomic mass is 79.9. The zero-order valence-electron chi connectivity index (χ0n) is 10.9. The van der Waals surface area contributed by atoms with Crippen molar-refractivity contribution in [2.24, 2.45) is 0 Å². The fraction of sp³-hybridized carbons (Fsp3) is 0.267. The van der Waals surface area contributed by atoms with Crippen LogP contribution in [0.1, 0.15) is 22.9 Å². The Morgan fingerprint density at radius 1 is 1.37 bits per heavy atom. The molecule has 1 atom stereocenters. The molecule has 0 aliphatic rings. The summed E-state index contributed by atoms with van der Waals surface area (Å²) in [5, 5.41) is 10.4. The fourth-order valence-electron chi connectivity index (χ4n) is 2.07. The molecule has 2 rings (SSSR count). The van der Waals surface area contributed by atoms with Crippen LogP contribution in [0.3, 0.4) is 0 Å². The lowest BCUT2D eigenvalue weighted by atomic mass is 10.00. The van der Waals surface area contributed by atoms with Crippen LogP contribution in [0.5, 0.6) is 5.75 Å². The molecule has 1 N–H and O–H groups in total. The van der Waals surface area contributed by atoms with Crippen LogP contribution >= 0.6 is 15.9 Å². The normalized spacial score (nSPS) is 12.2. The summed E-state index contributed by atoms with van der Waals surface area (Å²) in [7, 11) is 1.63. The van der Waals surface area contributed by atoms with E-state index in [1.807, 2.05) is 37.3 Å². The van der Waals surface area contributed by atoms with E-state index in [0.29, 0.717) is 6.42 Å². The predicted molar refractivity (Wildman–Crippen MR) is 78.3 cm³/mol. The van der Waals surface area contributed by atoms with Gasteiger partial charge in [-0.2, -0.15) is 0 Å². The van der Waals surface area contributed by atoms with Crippen molar-refractivity contribution in [1.29, 1.82) is 0 Å². The highest BCUT2D eigenvalue weighted by Gasteiger charge is 2.14. The molecular formula is C15H16BrNO2. The third-order valence-corrected chi connectivity index (χ3v) is 3.56. The van der Waals surface area contributed by atoms with Crippen molar-refractivity contribution in [2.75, 3.05) is 7.11 Å². The number of aliphatic hydroxyl groups excluding tert-OH is 1. The fourth-order valence-corrected chi connectivity index (χ4v) is 2.48. The molecule has 1 unspecified atom stereocenters. The summed E-state index contributed by atoms with van der Waals surface area (Å²) >= 11 is 3.44. The summed E-state index contributed by atoms with van der Waals surface area (Å²) in [5.74, 6) is 0.781. The van der Waals surface area contributed by atoms with Crippen molar-refractivity contribution in [1.82, 2.24) is 4.98 Å². The van der Waals surface area contributed by atoms with E-state index in [0.717, 1.165) is 27.0 Å². The minimum absolute atomic E-state index is 0.495. The van der Waals surface area contributed by atoms with Gasteiger partial charge in [0.2, 0.25) is 0 Å². The average molecular weight is 322 g/mol. The van der Waals surface area contributed by atoms with Gasteiger partial charge >= 0.3 is 0 Å². The summed E-state index contributed by atoms with van der Waals surface area (Å²) in [6, 6.07) is 9.52. The van der Waals surface area contributed by atoms with Crippen molar-refractivity contribution in [3.63, 3.8) is 0 Å². The van der Waals surface area contributed by atoms with Crippen LogP contribution in [0.15, 0.2) is 41.0 Å². The third-order valence-electron chi connectivity index (χ3n) is 3.06. The molecule has 0 saturated carbocycles. The van der Waals surface area contributed by atoms with Gasteiger partial charge in [-0.05, 0) is 36.8 Å². The molecule has 1 aromatic heterocycles. The third kappa shape index (κ3) is 3.33. The first-order valence-electron chi connectivity index (χ1n) is 6.04. The molecule has 0 fully saturated rings. The molecule has 2 aromatic rings. The standard InChI is InChI=1S/C15H16BrNO2/c1-10-13(4-3-7-17-10)14(18)9-11-8-12(16)5-6-15(11)19-2/h3-8,14,18H,9H2,1-2H3. The summed E-state index contributed by atoms with van der Waals surface area (Å²) in [6.07, 6.45) is 1.64. The van der Waals surface area contributed by atoms with Gasteiger partial charge in [0.15, 0.2) is 0 Å². The van der Waals surface area contributed by atoms with Gasteiger partial charge in [-0.15, -0.1) is 0 Å². The number of rotatable bonds is 4. The van der Waals surface area contributed by atoms with Crippen LogP contribution in [0.4, 0.5) is 0 Å². The van der Waals surface area contributed by atoms with E-state index in [-0.39, 0.29) is 0 Å². The summed E-state index contributed by atoms with van der Waals surface area (Å²) in [5.41, 5.74) is 2.67. The Morgan fingerprint density at radius 3 is 2.84 bits per heavy atom. The molecule has 0 bridgehead atoms. The quantitative estimate of drug-likeness (QED) is 0.938. The summed E-state index contributed by atoms with van der Waals surface area (Å²) < 4.78 is 6.29. The van der Waals surface area contributed by atoms with Gasteiger partial charge in [-0.1, -0.05) is 22.0 Å². The molecule has 100 valence electrons. The van der Waals surface area contributed by atoms with Gasteiger partial charge in [-0.25, -0.2) is 0 Å². The van der Waals surface area contributed by atoms with Crippen molar-refractivity contribution in [3.8, 4) is 5.75 Å². The van der Waals surface area contributed by atoms with Gasteiger partial charge in [0.25, 0.3) is 0 Å². The highest BCUT2D eigenvalue weighted by Crippen LogP contribution is 2.28. The van der Waals surface area contributed by atoms with Crippen molar-refractivity contribution in [2.45, 2.75) is 19.4 Å². The Morgan fingerprint density at radius 2 is 2.16 bits per heavy atom. The zero-order chi connectivity index (χ0) is 13.8. The van der Waals surface area contributed by atoms with Crippen LogP contribution in [0.25, 0.3) is 0 Å². The van der Waals surface area contributed by atoms with Crippen LogP contribution in [-0.2, 0) is 6.42 Å². The summed E-state index contributed by atoms with van der Waals surface area (Å²) in [4.78, 5) is 4.20. The van der Waals surface area contributed by atoms with Crippen LogP contribution < -0.4 is 4.74 Å². The van der Waals surface area contributed by atoms with E-state index in [1.165, 1.54) is 0 Å². The Bertz CT molecular complexity index is 572. The maximum atomic E-state index is 10.4. The Hall–Kier alpha value is -1.39. The van der Waals surface area contributed by atoms with Gasteiger partial charge in [0.05, 0.1) is 13.2 Å². The van der Waals surface area contributed by atoms with Gasteiger partial charge < -0.3 is 9.84 Å². The lowest BCUT2D eigenvalue weighted by Crippen LogP contribution is -2.06. The van der Waals surface area contributed by atoms with Crippen LogP contribution in [-0.4, -0.2) is 17.2 Å². The second kappa shape index (κ2) is 6.17. The molecule has 1 heterocycles. The molecular weight excluding hydrogens is 306 g/mol. The van der Waals surface area contributed by atoms with E-state index >= 15 is 0 Å². The number of hydrogen-bond donors (Lipinski definition) is 1. The maximum Gasteiger partial charge on any atom is 0.122 e. The molecule has 4 heteroatoms. The smallest absolute Gasteiger partial charge is 0.122 e. The molecule has 0 amide bonds. The van der Waals surface area contributed by atoms with Crippen molar-refractivity contribution >= 4 is 15.9 Å². The van der Waals surface area contributed by atoms with Crippen LogP contribution in [0, 0.1) is 6.92 Å². The van der Waals surface area contributed by atoms with Gasteiger partial charge in [0, 0.05) is 28.3 Å². The van der Waals surface area contributed by atoms with Crippen LogP contribution in [0.2, 0.25) is 0 Å². The number of aromatic nitrogens is 1. The second-order valence-corrected chi connectivity index (χ2v) is 5.27. The largest absolute Gasteiger partial charge is 0.496 e. The number of benzene rings is 1. The highest BCUT2D eigenvalue weighted by molar-refractivity contribution is 9.10. The number of methoxy groups -OCH3 is 1. The predicted octanol–water partition coefficient (Wildman–Crippen LogP) is 3.44. The minimum Gasteiger partial charge on any atom is -0.496 e. The Kier molecular flexibility index (Phi) is 4.56. The summed E-state index contributed by atoms with van der Waals surface area (Å²) in [6.45, 7) is 1.90. The number of aliphatic hydroxyl groups is 1. The number of ether oxygens (including phenoxy) is 1. The monoisotopic (exact) mass is 321 g/mol. The number of nitrogens with zero attached hydrogens (tertiary/aromatic N) is 1. The molecule has 0 saturated heterocycles. The number of aryl methyl sites for hydroxylation is 1.